The van der Waals surface area contributed by atoms with Gasteiger partial charge in [0.25, 0.3) is 5.91 Å². The molecular formula is C16H20N2O. The monoisotopic (exact) mass is 256 g/mol. The minimum atomic E-state index is -0.0520. The Hall–Kier alpha value is -1.79. The molecule has 1 amide bonds. The van der Waals surface area contributed by atoms with Gasteiger partial charge in [0.1, 0.15) is 0 Å². The van der Waals surface area contributed by atoms with Gasteiger partial charge in [-0.05, 0) is 38.4 Å². The Morgan fingerprint density at radius 2 is 2.16 bits per heavy atom. The number of rotatable bonds is 2. The van der Waals surface area contributed by atoms with Crippen LogP contribution in [-0.4, -0.2) is 37.0 Å². The minimum absolute atomic E-state index is 0.0520. The maximum absolute atomic E-state index is 12.2. The van der Waals surface area contributed by atoms with Crippen LogP contribution in [0.15, 0.2) is 30.3 Å². The topological polar surface area (TPSA) is 32.3 Å². The van der Waals surface area contributed by atoms with Crippen molar-refractivity contribution in [1.82, 2.24) is 10.2 Å². The zero-order chi connectivity index (χ0) is 13.5. The van der Waals surface area contributed by atoms with Crippen LogP contribution in [0.4, 0.5) is 0 Å². The second-order valence-corrected chi connectivity index (χ2v) is 4.82. The third-order valence-electron chi connectivity index (χ3n) is 3.42. The van der Waals surface area contributed by atoms with Gasteiger partial charge >= 0.3 is 0 Å². The molecule has 0 radical (unpaired) electrons. The van der Waals surface area contributed by atoms with Crippen LogP contribution in [0, 0.1) is 11.8 Å². The molecule has 1 unspecified atom stereocenters. The van der Waals surface area contributed by atoms with Gasteiger partial charge in [0.2, 0.25) is 0 Å². The van der Waals surface area contributed by atoms with Crippen LogP contribution >= 0.6 is 0 Å². The van der Waals surface area contributed by atoms with Crippen LogP contribution in [-0.2, 0) is 4.79 Å². The fourth-order valence-electron chi connectivity index (χ4n) is 2.43. The molecule has 1 saturated heterocycles. The SMILES string of the molecule is CNCC1CCCCN1C(=O)C#Cc1ccccc1. The van der Waals surface area contributed by atoms with Crippen LogP contribution < -0.4 is 5.32 Å². The molecule has 0 aliphatic carbocycles. The zero-order valence-electron chi connectivity index (χ0n) is 11.4. The fraction of sp³-hybridized carbons (Fsp3) is 0.438. The van der Waals surface area contributed by atoms with E-state index in [-0.39, 0.29) is 11.9 Å². The molecule has 1 N–H and O–H groups in total. The maximum atomic E-state index is 12.2. The van der Waals surface area contributed by atoms with E-state index in [2.05, 4.69) is 17.2 Å². The van der Waals surface area contributed by atoms with E-state index in [0.717, 1.165) is 31.5 Å². The average molecular weight is 256 g/mol. The van der Waals surface area contributed by atoms with Gasteiger partial charge in [-0.25, -0.2) is 0 Å². The molecule has 1 heterocycles. The average Bonchev–Trinajstić information content (AvgIpc) is 2.47. The number of carbonyl (C=O) groups excluding carboxylic acids is 1. The number of nitrogens with one attached hydrogen (secondary N) is 1. The summed E-state index contributed by atoms with van der Waals surface area (Å²) in [6.07, 6.45) is 3.35. The highest BCUT2D eigenvalue weighted by Crippen LogP contribution is 2.16. The molecular weight excluding hydrogens is 236 g/mol. The van der Waals surface area contributed by atoms with E-state index in [1.165, 1.54) is 6.42 Å². The van der Waals surface area contributed by atoms with Crippen molar-refractivity contribution in [3.8, 4) is 11.8 Å². The first-order valence-electron chi connectivity index (χ1n) is 6.83. The summed E-state index contributed by atoms with van der Waals surface area (Å²) in [5.74, 6) is 5.66. The number of likely N-dealkylation sites (tertiary alicyclic amines) is 1. The molecule has 0 bridgehead atoms. The van der Waals surface area contributed by atoms with Gasteiger partial charge in [-0.15, -0.1) is 0 Å². The number of amides is 1. The molecule has 1 aromatic rings. The maximum Gasteiger partial charge on any atom is 0.299 e. The van der Waals surface area contributed by atoms with Crippen molar-refractivity contribution in [1.29, 1.82) is 0 Å². The van der Waals surface area contributed by atoms with Crippen LogP contribution in [0.3, 0.4) is 0 Å². The third kappa shape index (κ3) is 3.84. The molecule has 1 aliphatic rings. The van der Waals surface area contributed by atoms with Crippen molar-refractivity contribution >= 4 is 5.91 Å². The van der Waals surface area contributed by atoms with Gasteiger partial charge in [0.05, 0.1) is 0 Å². The summed E-state index contributed by atoms with van der Waals surface area (Å²) in [5.41, 5.74) is 0.887. The summed E-state index contributed by atoms with van der Waals surface area (Å²) in [6.45, 7) is 1.67. The lowest BCUT2D eigenvalue weighted by Gasteiger charge is -2.34. The lowest BCUT2D eigenvalue weighted by molar-refractivity contribution is -0.128. The highest BCUT2D eigenvalue weighted by molar-refractivity contribution is 5.94. The van der Waals surface area contributed by atoms with Crippen molar-refractivity contribution in [3.63, 3.8) is 0 Å². The summed E-state index contributed by atoms with van der Waals surface area (Å²) < 4.78 is 0. The molecule has 1 aliphatic heterocycles. The number of nitrogens with zero attached hydrogens (tertiary/aromatic N) is 1. The van der Waals surface area contributed by atoms with Gasteiger partial charge < -0.3 is 10.2 Å². The zero-order valence-corrected chi connectivity index (χ0v) is 11.4. The standard InChI is InChI=1S/C16H20N2O/c1-17-13-15-9-5-6-12-18(15)16(19)11-10-14-7-3-2-4-8-14/h2-4,7-8,15,17H,5-6,9,12-13H2,1H3. The van der Waals surface area contributed by atoms with Crippen LogP contribution in [0.25, 0.3) is 0 Å². The van der Waals surface area contributed by atoms with E-state index in [0.29, 0.717) is 0 Å². The second kappa shape index (κ2) is 6.96. The largest absolute Gasteiger partial charge is 0.328 e. The summed E-state index contributed by atoms with van der Waals surface area (Å²) >= 11 is 0. The van der Waals surface area contributed by atoms with Gasteiger partial charge in [0, 0.05) is 30.6 Å². The van der Waals surface area contributed by atoms with Crippen LogP contribution in [0.1, 0.15) is 24.8 Å². The summed E-state index contributed by atoms with van der Waals surface area (Å²) in [5, 5.41) is 3.15. The first-order valence-corrected chi connectivity index (χ1v) is 6.83. The van der Waals surface area contributed by atoms with Crippen molar-refractivity contribution < 1.29 is 4.79 Å². The smallest absolute Gasteiger partial charge is 0.299 e. The Kier molecular flexibility index (Phi) is 5.00. The molecule has 2 rings (SSSR count). The van der Waals surface area contributed by atoms with Crippen molar-refractivity contribution in [2.24, 2.45) is 0 Å². The van der Waals surface area contributed by atoms with Crippen molar-refractivity contribution in [2.45, 2.75) is 25.3 Å². The Balaban J connectivity index is 2.04. The molecule has 100 valence electrons. The molecule has 19 heavy (non-hydrogen) atoms. The van der Waals surface area contributed by atoms with E-state index in [1.54, 1.807) is 0 Å². The van der Waals surface area contributed by atoms with E-state index < -0.39 is 0 Å². The molecule has 3 nitrogen and oxygen atoms in total. The Bertz CT molecular complexity index is 471. The Morgan fingerprint density at radius 3 is 2.89 bits per heavy atom. The summed E-state index contributed by atoms with van der Waals surface area (Å²) in [7, 11) is 1.92. The lowest BCUT2D eigenvalue weighted by atomic mass is 10.0. The second-order valence-electron chi connectivity index (χ2n) is 4.82. The van der Waals surface area contributed by atoms with Gasteiger partial charge in [-0.3, -0.25) is 4.79 Å². The lowest BCUT2D eigenvalue weighted by Crippen LogP contribution is -2.47. The predicted molar refractivity (Wildman–Crippen MR) is 76.6 cm³/mol. The number of hydrogen-bond acceptors (Lipinski definition) is 2. The summed E-state index contributed by atoms with van der Waals surface area (Å²) in [6, 6.07) is 9.93. The van der Waals surface area contributed by atoms with E-state index in [9.17, 15) is 4.79 Å². The molecule has 1 atom stereocenters. The number of benzene rings is 1. The van der Waals surface area contributed by atoms with Gasteiger partial charge in [0.15, 0.2) is 0 Å². The molecule has 0 aromatic heterocycles. The van der Waals surface area contributed by atoms with Crippen molar-refractivity contribution in [2.75, 3.05) is 20.1 Å². The van der Waals surface area contributed by atoms with Gasteiger partial charge in [-0.2, -0.15) is 0 Å². The van der Waals surface area contributed by atoms with Crippen molar-refractivity contribution in [3.05, 3.63) is 35.9 Å². The molecule has 3 heteroatoms. The van der Waals surface area contributed by atoms with E-state index >= 15 is 0 Å². The quantitative estimate of drug-likeness (QED) is 0.816. The number of likely N-dealkylation sites (N-methyl/N-ethyl adjacent to an activating group) is 1. The number of piperidine rings is 1. The number of hydrogen-bond donors (Lipinski definition) is 1. The minimum Gasteiger partial charge on any atom is -0.328 e. The summed E-state index contributed by atoms with van der Waals surface area (Å²) in [4.78, 5) is 14.1. The molecule has 0 saturated carbocycles. The first kappa shape index (κ1) is 13.6. The van der Waals surface area contributed by atoms with E-state index in [4.69, 9.17) is 0 Å². The van der Waals surface area contributed by atoms with Crippen LogP contribution in [0.5, 0.6) is 0 Å². The van der Waals surface area contributed by atoms with E-state index in [1.807, 2.05) is 42.3 Å². The first-order chi connectivity index (χ1) is 9.31. The highest BCUT2D eigenvalue weighted by atomic mass is 16.2. The fourth-order valence-corrected chi connectivity index (χ4v) is 2.43. The van der Waals surface area contributed by atoms with Crippen LogP contribution in [0.2, 0.25) is 0 Å². The Morgan fingerprint density at radius 1 is 1.37 bits per heavy atom. The third-order valence-corrected chi connectivity index (χ3v) is 3.42. The molecule has 1 aromatic carbocycles. The molecule has 1 fully saturated rings. The number of carbonyl (C=O) groups is 1. The molecule has 0 spiro atoms. The van der Waals surface area contributed by atoms with Gasteiger partial charge in [-0.1, -0.05) is 24.1 Å². The highest BCUT2D eigenvalue weighted by Gasteiger charge is 2.24. The Labute approximate surface area is 115 Å². The normalized spacial score (nSPS) is 18.6. The predicted octanol–water partition coefficient (Wildman–Crippen LogP) is 1.64.